The molecule has 1 aliphatic rings. The van der Waals surface area contributed by atoms with Gasteiger partial charge < -0.3 is 9.84 Å². The topological polar surface area (TPSA) is 41.5 Å². The lowest BCUT2D eigenvalue weighted by molar-refractivity contribution is -0.131. The summed E-state index contributed by atoms with van der Waals surface area (Å²) < 4.78 is 42.3. The van der Waals surface area contributed by atoms with Crippen molar-refractivity contribution in [2.24, 2.45) is 0 Å². The third kappa shape index (κ3) is 2.59. The molecule has 1 heterocycles. The number of alkyl halides is 3. The summed E-state index contributed by atoms with van der Waals surface area (Å²) in [5.74, 6) is 0.521. The van der Waals surface area contributed by atoms with Crippen LogP contribution in [-0.4, -0.2) is 31.0 Å². The first-order chi connectivity index (χ1) is 8.47. The highest BCUT2D eigenvalue weighted by Crippen LogP contribution is 2.37. The molecule has 0 aliphatic carbocycles. The maximum Gasteiger partial charge on any atom is 0.401 e. The summed E-state index contributed by atoms with van der Waals surface area (Å²) in [6.07, 6.45) is -4.01. The van der Waals surface area contributed by atoms with Gasteiger partial charge in [-0.1, -0.05) is 18.2 Å². The van der Waals surface area contributed by atoms with Crippen molar-refractivity contribution in [3.05, 3.63) is 29.8 Å². The maximum absolute atomic E-state index is 12.3. The lowest BCUT2D eigenvalue weighted by Gasteiger charge is -2.38. The van der Waals surface area contributed by atoms with E-state index < -0.39 is 24.9 Å². The predicted octanol–water partition coefficient (Wildman–Crippen LogP) is 1.81. The first kappa shape index (κ1) is 13.2. The quantitative estimate of drug-likeness (QED) is 0.872. The molecule has 1 aromatic rings. The van der Waals surface area contributed by atoms with Crippen LogP contribution >= 0.6 is 0 Å². The molecule has 0 radical (unpaired) electrons. The highest BCUT2D eigenvalue weighted by Gasteiger charge is 2.40. The molecule has 0 amide bonds. The summed E-state index contributed by atoms with van der Waals surface area (Å²) in [5.41, 5.74) is -0.507. The second-order valence-corrected chi connectivity index (χ2v) is 4.30. The van der Waals surface area contributed by atoms with Gasteiger partial charge in [-0.05, 0) is 6.07 Å². The van der Waals surface area contributed by atoms with Gasteiger partial charge in [-0.25, -0.2) is 0 Å². The minimum Gasteiger partial charge on any atom is -0.493 e. The minimum atomic E-state index is -4.31. The molecular weight excluding hydrogens is 247 g/mol. The second kappa shape index (κ2) is 4.78. The second-order valence-electron chi connectivity index (χ2n) is 4.30. The number of halogens is 3. The van der Waals surface area contributed by atoms with Crippen LogP contribution in [0.25, 0.3) is 0 Å². The Balaban J connectivity index is 2.28. The van der Waals surface area contributed by atoms with E-state index in [1.165, 1.54) is 0 Å². The van der Waals surface area contributed by atoms with Gasteiger partial charge in [0.25, 0.3) is 0 Å². The van der Waals surface area contributed by atoms with Crippen LogP contribution in [0.5, 0.6) is 5.75 Å². The summed E-state index contributed by atoms with van der Waals surface area (Å²) in [7, 11) is 0. The predicted molar refractivity (Wildman–Crippen MR) is 59.4 cm³/mol. The van der Waals surface area contributed by atoms with Crippen LogP contribution in [0.4, 0.5) is 13.2 Å². The summed E-state index contributed by atoms with van der Waals surface area (Å²) >= 11 is 0. The highest BCUT2D eigenvalue weighted by atomic mass is 19.4. The van der Waals surface area contributed by atoms with Gasteiger partial charge in [-0.3, -0.25) is 5.32 Å². The van der Waals surface area contributed by atoms with E-state index in [9.17, 15) is 18.3 Å². The first-order valence-corrected chi connectivity index (χ1v) is 5.62. The Hall–Kier alpha value is -1.27. The number of para-hydroxylation sites is 1. The molecule has 2 N–H and O–H groups in total. The van der Waals surface area contributed by atoms with Crippen molar-refractivity contribution in [3.8, 4) is 5.75 Å². The SMILES string of the molecule is OCC1(NCC(F)(F)F)CCOc2ccccc21. The van der Waals surface area contributed by atoms with Crippen molar-refractivity contribution in [1.29, 1.82) is 0 Å². The van der Waals surface area contributed by atoms with E-state index in [0.29, 0.717) is 17.7 Å². The third-order valence-electron chi connectivity index (χ3n) is 3.09. The van der Waals surface area contributed by atoms with Crippen molar-refractivity contribution >= 4 is 0 Å². The number of nitrogens with one attached hydrogen (secondary N) is 1. The summed E-state index contributed by atoms with van der Waals surface area (Å²) in [6, 6.07) is 6.82. The Morgan fingerprint density at radius 1 is 1.33 bits per heavy atom. The Morgan fingerprint density at radius 3 is 2.72 bits per heavy atom. The van der Waals surface area contributed by atoms with E-state index in [0.717, 1.165) is 0 Å². The number of hydrogen-bond donors (Lipinski definition) is 2. The number of hydrogen-bond acceptors (Lipinski definition) is 3. The summed E-state index contributed by atoms with van der Waals surface area (Å²) in [6.45, 7) is -1.26. The molecule has 1 unspecified atom stereocenters. The van der Waals surface area contributed by atoms with Crippen molar-refractivity contribution in [1.82, 2.24) is 5.32 Å². The summed E-state index contributed by atoms with van der Waals surface area (Å²) in [4.78, 5) is 0. The number of fused-ring (bicyclic) bond motifs is 1. The fourth-order valence-corrected chi connectivity index (χ4v) is 2.13. The molecule has 2 rings (SSSR count). The minimum absolute atomic E-state index is 0.280. The molecule has 0 saturated heterocycles. The van der Waals surface area contributed by atoms with Crippen molar-refractivity contribution in [2.45, 2.75) is 18.1 Å². The monoisotopic (exact) mass is 261 g/mol. The number of benzene rings is 1. The van der Waals surface area contributed by atoms with Crippen LogP contribution < -0.4 is 10.1 Å². The van der Waals surface area contributed by atoms with Crippen LogP contribution in [0.1, 0.15) is 12.0 Å². The average Bonchev–Trinajstić information content (AvgIpc) is 2.35. The number of rotatable bonds is 3. The van der Waals surface area contributed by atoms with E-state index >= 15 is 0 Å². The zero-order valence-electron chi connectivity index (χ0n) is 9.63. The van der Waals surface area contributed by atoms with E-state index in [2.05, 4.69) is 5.32 Å². The Morgan fingerprint density at radius 2 is 2.06 bits per heavy atom. The van der Waals surface area contributed by atoms with Gasteiger partial charge in [0, 0.05) is 12.0 Å². The molecule has 100 valence electrons. The Bertz CT molecular complexity index is 422. The standard InChI is InChI=1S/C12H14F3NO2/c13-12(14,15)7-16-11(8-17)5-6-18-10-4-2-1-3-9(10)11/h1-4,16-17H,5-8H2. The van der Waals surface area contributed by atoms with E-state index in [1.54, 1.807) is 24.3 Å². The number of aliphatic hydroxyl groups is 1. The molecule has 0 spiro atoms. The van der Waals surface area contributed by atoms with E-state index in [-0.39, 0.29) is 6.61 Å². The van der Waals surface area contributed by atoms with Crippen LogP contribution in [0, 0.1) is 0 Å². The molecule has 0 aromatic heterocycles. The first-order valence-electron chi connectivity index (χ1n) is 5.62. The largest absolute Gasteiger partial charge is 0.493 e. The van der Waals surface area contributed by atoms with Gasteiger partial charge in [-0.15, -0.1) is 0 Å². The molecule has 1 aromatic carbocycles. The lowest BCUT2D eigenvalue weighted by atomic mass is 9.85. The molecule has 18 heavy (non-hydrogen) atoms. The number of aliphatic hydroxyl groups excluding tert-OH is 1. The molecular formula is C12H14F3NO2. The molecule has 1 aliphatic heterocycles. The molecule has 0 fully saturated rings. The fraction of sp³-hybridized carbons (Fsp3) is 0.500. The highest BCUT2D eigenvalue weighted by molar-refractivity contribution is 5.41. The van der Waals surface area contributed by atoms with Crippen LogP contribution in [0.3, 0.4) is 0 Å². The molecule has 0 saturated carbocycles. The normalized spacial score (nSPS) is 23.3. The fourth-order valence-electron chi connectivity index (χ4n) is 2.13. The third-order valence-corrected chi connectivity index (χ3v) is 3.09. The van der Waals surface area contributed by atoms with Crippen molar-refractivity contribution < 1.29 is 23.0 Å². The molecule has 1 atom stereocenters. The van der Waals surface area contributed by atoms with Crippen molar-refractivity contribution in [2.75, 3.05) is 19.8 Å². The Kier molecular flexibility index (Phi) is 3.49. The molecule has 6 heteroatoms. The van der Waals surface area contributed by atoms with Crippen molar-refractivity contribution in [3.63, 3.8) is 0 Å². The smallest absolute Gasteiger partial charge is 0.401 e. The lowest BCUT2D eigenvalue weighted by Crippen LogP contribution is -2.51. The van der Waals surface area contributed by atoms with Gasteiger partial charge in [-0.2, -0.15) is 13.2 Å². The zero-order valence-corrected chi connectivity index (χ0v) is 9.63. The van der Waals surface area contributed by atoms with Gasteiger partial charge in [0.15, 0.2) is 0 Å². The van der Waals surface area contributed by atoms with E-state index in [4.69, 9.17) is 4.74 Å². The van der Waals surface area contributed by atoms with Crippen LogP contribution in [0.2, 0.25) is 0 Å². The van der Waals surface area contributed by atoms with Crippen LogP contribution in [0.15, 0.2) is 24.3 Å². The number of ether oxygens (including phenoxy) is 1. The molecule has 0 bridgehead atoms. The Labute approximate surface area is 103 Å². The zero-order chi connectivity index (χ0) is 13.2. The molecule has 3 nitrogen and oxygen atoms in total. The van der Waals surface area contributed by atoms with Crippen LogP contribution in [-0.2, 0) is 5.54 Å². The van der Waals surface area contributed by atoms with Gasteiger partial charge >= 0.3 is 6.18 Å². The average molecular weight is 261 g/mol. The van der Waals surface area contributed by atoms with Gasteiger partial charge in [0.05, 0.1) is 25.3 Å². The van der Waals surface area contributed by atoms with Gasteiger partial charge in [0.1, 0.15) is 5.75 Å². The van der Waals surface area contributed by atoms with Gasteiger partial charge in [0.2, 0.25) is 0 Å². The summed E-state index contributed by atoms with van der Waals surface area (Å²) in [5, 5.41) is 11.9. The van der Waals surface area contributed by atoms with E-state index in [1.807, 2.05) is 0 Å². The maximum atomic E-state index is 12.3.